The first kappa shape index (κ1) is 22.3. The lowest BCUT2D eigenvalue weighted by atomic mass is 10.2. The molecule has 7 nitrogen and oxygen atoms in total. The lowest BCUT2D eigenvalue weighted by Gasteiger charge is -2.36. The molecule has 32 heavy (non-hydrogen) atoms. The third-order valence-corrected chi connectivity index (χ3v) is 6.67. The number of benzene rings is 1. The highest BCUT2D eigenvalue weighted by Gasteiger charge is 2.16. The van der Waals surface area contributed by atoms with Crippen LogP contribution in [-0.4, -0.2) is 47.0 Å². The first-order valence-electron chi connectivity index (χ1n) is 11.3. The van der Waals surface area contributed by atoms with Gasteiger partial charge in [-0.1, -0.05) is 26.2 Å². The predicted octanol–water partition coefficient (Wildman–Crippen LogP) is 5.99. The molecule has 0 unspecified atom stereocenters. The van der Waals surface area contributed by atoms with Gasteiger partial charge >= 0.3 is 0 Å². The normalized spacial score (nSPS) is 15.0. The second-order valence-corrected chi connectivity index (χ2v) is 8.95. The standard InChI is InChI=1S/C24H29N7S/c1-3-4-5-6-11-30-12-14-31(15-13-30)21-9-7-20(8-10-21)27-28-24-22-16-19(17-25)18(2)26-23(22)29-32-24/h7-10,16H,3-6,11-15H2,1-2H3. The molecule has 0 saturated carbocycles. The lowest BCUT2D eigenvalue weighted by Crippen LogP contribution is -2.46. The molecule has 1 saturated heterocycles. The van der Waals surface area contributed by atoms with Crippen LogP contribution in [0.4, 0.5) is 16.4 Å². The average molecular weight is 448 g/mol. The number of hydrogen-bond acceptors (Lipinski definition) is 8. The Morgan fingerprint density at radius 3 is 2.56 bits per heavy atom. The average Bonchev–Trinajstić information content (AvgIpc) is 3.22. The smallest absolute Gasteiger partial charge is 0.175 e. The Bertz CT molecular complexity index is 1110. The SMILES string of the molecule is CCCCCCN1CCN(c2ccc(N=Nc3snc4nc(C)c(C#N)cc34)cc2)CC1. The number of aromatic nitrogens is 2. The van der Waals surface area contributed by atoms with E-state index in [9.17, 15) is 5.26 Å². The zero-order valence-electron chi connectivity index (χ0n) is 18.8. The maximum atomic E-state index is 9.25. The molecule has 1 aliphatic heterocycles. The fourth-order valence-corrected chi connectivity index (χ4v) is 4.60. The van der Waals surface area contributed by atoms with Crippen LogP contribution in [0.3, 0.4) is 0 Å². The van der Waals surface area contributed by atoms with Crippen LogP contribution in [0.1, 0.15) is 43.9 Å². The number of fused-ring (bicyclic) bond motifs is 1. The lowest BCUT2D eigenvalue weighted by molar-refractivity contribution is 0.252. The summed E-state index contributed by atoms with van der Waals surface area (Å²) in [6.45, 7) is 9.69. The van der Waals surface area contributed by atoms with E-state index < -0.39 is 0 Å². The van der Waals surface area contributed by atoms with Crippen LogP contribution in [0.2, 0.25) is 0 Å². The van der Waals surface area contributed by atoms with E-state index >= 15 is 0 Å². The van der Waals surface area contributed by atoms with Gasteiger partial charge in [-0.2, -0.15) is 9.64 Å². The third-order valence-electron chi connectivity index (χ3n) is 5.93. The van der Waals surface area contributed by atoms with Crippen LogP contribution < -0.4 is 4.90 Å². The Morgan fingerprint density at radius 2 is 1.84 bits per heavy atom. The van der Waals surface area contributed by atoms with E-state index in [0.717, 1.165) is 37.3 Å². The van der Waals surface area contributed by atoms with Gasteiger partial charge in [0.2, 0.25) is 0 Å². The maximum Gasteiger partial charge on any atom is 0.175 e. The number of aryl methyl sites for hydroxylation is 1. The molecule has 0 bridgehead atoms. The minimum absolute atomic E-state index is 0.541. The molecule has 0 atom stereocenters. The van der Waals surface area contributed by atoms with Crippen LogP contribution in [-0.2, 0) is 0 Å². The van der Waals surface area contributed by atoms with E-state index in [-0.39, 0.29) is 0 Å². The topological polar surface area (TPSA) is 80.8 Å². The second-order valence-electron chi connectivity index (χ2n) is 8.20. The Labute approximate surface area is 193 Å². The molecular weight excluding hydrogens is 418 g/mol. The monoisotopic (exact) mass is 447 g/mol. The highest BCUT2D eigenvalue weighted by molar-refractivity contribution is 7.11. The molecule has 1 aromatic carbocycles. The number of rotatable bonds is 8. The van der Waals surface area contributed by atoms with Gasteiger partial charge in [0, 0.05) is 31.9 Å². The van der Waals surface area contributed by atoms with Crippen molar-refractivity contribution in [1.29, 1.82) is 5.26 Å². The summed E-state index contributed by atoms with van der Waals surface area (Å²) in [6, 6.07) is 12.2. The van der Waals surface area contributed by atoms with Crippen molar-refractivity contribution in [2.45, 2.75) is 39.5 Å². The van der Waals surface area contributed by atoms with Crippen molar-refractivity contribution in [3.8, 4) is 6.07 Å². The van der Waals surface area contributed by atoms with Crippen molar-refractivity contribution in [2.75, 3.05) is 37.6 Å². The summed E-state index contributed by atoms with van der Waals surface area (Å²) in [5, 5.41) is 19.4. The largest absolute Gasteiger partial charge is 0.369 e. The van der Waals surface area contributed by atoms with Crippen molar-refractivity contribution in [3.05, 3.63) is 41.6 Å². The van der Waals surface area contributed by atoms with Gasteiger partial charge in [0.15, 0.2) is 10.6 Å². The Hall–Kier alpha value is -2.89. The summed E-state index contributed by atoms with van der Waals surface area (Å²) in [5.41, 5.74) is 3.86. The van der Waals surface area contributed by atoms with E-state index in [0.29, 0.717) is 21.9 Å². The molecule has 1 aliphatic rings. The number of unbranched alkanes of at least 4 members (excludes halogenated alkanes) is 3. The first-order chi connectivity index (χ1) is 15.7. The highest BCUT2D eigenvalue weighted by atomic mass is 32.1. The Morgan fingerprint density at radius 1 is 1.06 bits per heavy atom. The number of anilines is 1. The fourth-order valence-electron chi connectivity index (χ4n) is 3.97. The third kappa shape index (κ3) is 5.29. The maximum absolute atomic E-state index is 9.25. The zero-order chi connectivity index (χ0) is 22.3. The van der Waals surface area contributed by atoms with Gasteiger partial charge in [-0.3, -0.25) is 4.90 Å². The van der Waals surface area contributed by atoms with Crippen molar-refractivity contribution >= 4 is 38.9 Å². The van der Waals surface area contributed by atoms with E-state index in [4.69, 9.17) is 0 Å². The van der Waals surface area contributed by atoms with Gasteiger partial charge in [0.1, 0.15) is 6.07 Å². The number of azo groups is 1. The van der Waals surface area contributed by atoms with Crippen molar-refractivity contribution in [1.82, 2.24) is 14.3 Å². The number of piperazine rings is 1. The molecule has 1 fully saturated rings. The van der Waals surface area contributed by atoms with Crippen LogP contribution >= 0.6 is 11.5 Å². The van der Waals surface area contributed by atoms with Gasteiger partial charge in [0.25, 0.3) is 0 Å². The highest BCUT2D eigenvalue weighted by Crippen LogP contribution is 2.32. The van der Waals surface area contributed by atoms with Crippen molar-refractivity contribution in [2.24, 2.45) is 10.2 Å². The van der Waals surface area contributed by atoms with Crippen molar-refractivity contribution < 1.29 is 0 Å². The van der Waals surface area contributed by atoms with Crippen LogP contribution in [0.25, 0.3) is 11.0 Å². The second kappa shape index (κ2) is 10.6. The minimum atomic E-state index is 0.541. The molecule has 166 valence electrons. The molecule has 8 heteroatoms. The quantitative estimate of drug-likeness (QED) is 0.313. The zero-order valence-corrected chi connectivity index (χ0v) is 19.6. The van der Waals surface area contributed by atoms with Gasteiger partial charge in [0.05, 0.1) is 22.3 Å². The molecule has 0 amide bonds. The van der Waals surface area contributed by atoms with Crippen molar-refractivity contribution in [3.63, 3.8) is 0 Å². The molecule has 4 rings (SSSR count). The summed E-state index contributed by atoms with van der Waals surface area (Å²) in [7, 11) is 0. The molecule has 0 spiro atoms. The Balaban J connectivity index is 1.35. The molecule has 0 N–H and O–H groups in total. The van der Waals surface area contributed by atoms with Crippen LogP contribution in [0.5, 0.6) is 0 Å². The molecule has 0 radical (unpaired) electrons. The molecule has 0 aliphatic carbocycles. The summed E-state index contributed by atoms with van der Waals surface area (Å²) < 4.78 is 4.33. The van der Waals surface area contributed by atoms with Gasteiger partial charge in [-0.25, -0.2) is 4.98 Å². The van der Waals surface area contributed by atoms with E-state index in [1.807, 2.05) is 19.1 Å². The number of nitriles is 1. The first-order valence-corrected chi connectivity index (χ1v) is 12.1. The van der Waals surface area contributed by atoms with E-state index in [1.54, 1.807) is 6.07 Å². The number of hydrogen-bond donors (Lipinski definition) is 0. The predicted molar refractivity (Wildman–Crippen MR) is 130 cm³/mol. The molecule has 3 aromatic rings. The van der Waals surface area contributed by atoms with Crippen LogP contribution in [0, 0.1) is 18.3 Å². The van der Waals surface area contributed by atoms with Crippen LogP contribution in [0.15, 0.2) is 40.6 Å². The van der Waals surface area contributed by atoms with Gasteiger partial charge in [-0.05, 0) is 61.8 Å². The van der Waals surface area contributed by atoms with Gasteiger partial charge in [-0.15, -0.1) is 10.2 Å². The fraction of sp³-hybridized carbons (Fsp3) is 0.458. The molecular formula is C24H29N7S. The van der Waals surface area contributed by atoms with E-state index in [1.165, 1.54) is 49.4 Å². The van der Waals surface area contributed by atoms with E-state index in [2.05, 4.69) is 54.5 Å². The summed E-state index contributed by atoms with van der Waals surface area (Å²) in [4.78, 5) is 9.41. The minimum Gasteiger partial charge on any atom is -0.369 e. The summed E-state index contributed by atoms with van der Waals surface area (Å²) in [6.07, 6.45) is 5.30. The molecule has 2 aromatic heterocycles. The summed E-state index contributed by atoms with van der Waals surface area (Å²) >= 11 is 1.25. The molecule has 3 heterocycles. The summed E-state index contributed by atoms with van der Waals surface area (Å²) in [5.74, 6) is 0. The Kier molecular flexibility index (Phi) is 7.40. The number of pyridine rings is 1. The number of nitrogens with zero attached hydrogens (tertiary/aromatic N) is 7. The van der Waals surface area contributed by atoms with Gasteiger partial charge < -0.3 is 4.90 Å².